The molecular formula is C23H24N4O3. The molecule has 1 aliphatic heterocycles. The number of pyridine rings is 1. The van der Waals surface area contributed by atoms with E-state index in [0.717, 1.165) is 31.7 Å². The molecule has 0 amide bonds. The average molecular weight is 404 g/mol. The van der Waals surface area contributed by atoms with Crippen molar-refractivity contribution >= 4 is 11.5 Å². The molecular weight excluding hydrogens is 380 g/mol. The minimum atomic E-state index is 0.457. The number of anilines is 1. The van der Waals surface area contributed by atoms with Gasteiger partial charge in [-0.15, -0.1) is 0 Å². The molecule has 0 unspecified atom stereocenters. The molecule has 154 valence electrons. The first-order valence-corrected chi connectivity index (χ1v) is 9.82. The summed E-state index contributed by atoms with van der Waals surface area (Å²) in [6.07, 6.45) is 1.66. The predicted octanol–water partition coefficient (Wildman–Crippen LogP) is 3.84. The van der Waals surface area contributed by atoms with Crippen LogP contribution in [0.2, 0.25) is 0 Å². The third-order valence-electron chi connectivity index (χ3n) is 5.05. The van der Waals surface area contributed by atoms with Crippen LogP contribution < -0.4 is 14.4 Å². The molecule has 0 radical (unpaired) electrons. The Morgan fingerprint density at radius 3 is 2.37 bits per heavy atom. The zero-order valence-electron chi connectivity index (χ0n) is 16.8. The standard InChI is InChI=1S/C23H24N4O3/c1-29-20-8-5-9-21(16-20)30-22-11-10-18(17-24-22)23(25-28)27-14-12-26(13-15-27)19-6-3-2-4-7-19/h2-11,16-17,28H,12-15H2,1H3/b25-23-. The first-order valence-electron chi connectivity index (χ1n) is 9.82. The fraction of sp³-hybridized carbons (Fsp3) is 0.217. The Labute approximate surface area is 175 Å². The van der Waals surface area contributed by atoms with E-state index in [1.54, 1.807) is 25.4 Å². The first kappa shape index (κ1) is 19.6. The minimum Gasteiger partial charge on any atom is -0.497 e. The van der Waals surface area contributed by atoms with Crippen molar-refractivity contribution in [1.29, 1.82) is 0 Å². The molecule has 0 saturated carbocycles. The molecule has 0 bridgehead atoms. The number of aromatic nitrogens is 1. The van der Waals surface area contributed by atoms with Gasteiger partial charge in [-0.3, -0.25) is 0 Å². The Morgan fingerprint density at radius 1 is 0.933 bits per heavy atom. The molecule has 2 aromatic carbocycles. The van der Waals surface area contributed by atoms with Crippen molar-refractivity contribution in [2.75, 3.05) is 38.2 Å². The molecule has 2 heterocycles. The fourth-order valence-electron chi connectivity index (χ4n) is 3.48. The van der Waals surface area contributed by atoms with Gasteiger partial charge in [0.1, 0.15) is 11.5 Å². The van der Waals surface area contributed by atoms with Gasteiger partial charge in [-0.05, 0) is 30.3 Å². The van der Waals surface area contributed by atoms with Crippen LogP contribution in [0.15, 0.2) is 78.1 Å². The number of hydrogen-bond donors (Lipinski definition) is 1. The summed E-state index contributed by atoms with van der Waals surface area (Å²) < 4.78 is 11.0. The maximum Gasteiger partial charge on any atom is 0.219 e. The van der Waals surface area contributed by atoms with Crippen LogP contribution in [0, 0.1) is 0 Å². The van der Waals surface area contributed by atoms with Crippen LogP contribution in [0.1, 0.15) is 5.56 Å². The summed E-state index contributed by atoms with van der Waals surface area (Å²) >= 11 is 0. The highest BCUT2D eigenvalue weighted by molar-refractivity contribution is 5.98. The Bertz CT molecular complexity index is 985. The monoisotopic (exact) mass is 404 g/mol. The third kappa shape index (κ3) is 4.46. The summed E-state index contributed by atoms with van der Waals surface area (Å²) in [5, 5.41) is 13.2. The number of para-hydroxylation sites is 1. The summed E-state index contributed by atoms with van der Waals surface area (Å²) in [5.74, 6) is 2.33. The fourth-order valence-corrected chi connectivity index (χ4v) is 3.48. The van der Waals surface area contributed by atoms with Crippen molar-refractivity contribution in [2.24, 2.45) is 5.16 Å². The smallest absolute Gasteiger partial charge is 0.219 e. The van der Waals surface area contributed by atoms with E-state index in [9.17, 15) is 5.21 Å². The van der Waals surface area contributed by atoms with Gasteiger partial charge >= 0.3 is 0 Å². The molecule has 1 fully saturated rings. The molecule has 7 nitrogen and oxygen atoms in total. The normalized spacial score (nSPS) is 14.5. The van der Waals surface area contributed by atoms with Crippen molar-refractivity contribution in [2.45, 2.75) is 0 Å². The lowest BCUT2D eigenvalue weighted by molar-refractivity contribution is 0.296. The van der Waals surface area contributed by atoms with E-state index in [1.807, 2.05) is 42.5 Å². The maximum atomic E-state index is 9.64. The molecule has 1 aliphatic rings. The van der Waals surface area contributed by atoms with Crippen molar-refractivity contribution in [1.82, 2.24) is 9.88 Å². The molecule has 0 atom stereocenters. The summed E-state index contributed by atoms with van der Waals surface area (Å²) in [6.45, 7) is 3.23. The van der Waals surface area contributed by atoms with E-state index in [1.165, 1.54) is 5.69 Å². The molecule has 0 aliphatic carbocycles. The molecule has 0 spiro atoms. The highest BCUT2D eigenvalue weighted by Gasteiger charge is 2.22. The first-order chi connectivity index (χ1) is 14.8. The second-order valence-electron chi connectivity index (χ2n) is 6.90. The molecule has 7 heteroatoms. The molecule has 1 aromatic heterocycles. The lowest BCUT2D eigenvalue weighted by Gasteiger charge is -2.37. The molecule has 1 saturated heterocycles. The number of ether oxygens (including phenoxy) is 2. The predicted molar refractivity (Wildman–Crippen MR) is 116 cm³/mol. The van der Waals surface area contributed by atoms with Crippen molar-refractivity contribution < 1.29 is 14.7 Å². The number of rotatable bonds is 5. The zero-order valence-corrected chi connectivity index (χ0v) is 16.8. The summed E-state index contributed by atoms with van der Waals surface area (Å²) in [6, 6.07) is 21.3. The maximum absolute atomic E-state index is 9.64. The van der Waals surface area contributed by atoms with Gasteiger partial charge in [0.15, 0.2) is 5.84 Å². The van der Waals surface area contributed by atoms with E-state index < -0.39 is 0 Å². The van der Waals surface area contributed by atoms with Crippen LogP contribution in [0.25, 0.3) is 0 Å². The zero-order chi connectivity index (χ0) is 20.8. The molecule has 4 rings (SSSR count). The van der Waals surface area contributed by atoms with Gasteiger partial charge in [0.2, 0.25) is 5.88 Å². The number of hydrogen-bond acceptors (Lipinski definition) is 6. The van der Waals surface area contributed by atoms with Crippen molar-refractivity contribution in [3.8, 4) is 17.4 Å². The Hall–Kier alpha value is -3.74. The van der Waals surface area contributed by atoms with Gasteiger partial charge < -0.3 is 24.5 Å². The van der Waals surface area contributed by atoms with E-state index >= 15 is 0 Å². The summed E-state index contributed by atoms with van der Waals surface area (Å²) in [5.41, 5.74) is 1.95. The highest BCUT2D eigenvalue weighted by Crippen LogP contribution is 2.24. The molecule has 30 heavy (non-hydrogen) atoms. The number of methoxy groups -OCH3 is 1. The van der Waals surface area contributed by atoms with E-state index in [0.29, 0.717) is 23.2 Å². The van der Waals surface area contributed by atoms with E-state index in [4.69, 9.17) is 9.47 Å². The third-order valence-corrected chi connectivity index (χ3v) is 5.05. The van der Waals surface area contributed by atoms with E-state index in [-0.39, 0.29) is 0 Å². The van der Waals surface area contributed by atoms with Crippen molar-refractivity contribution in [3.05, 3.63) is 78.5 Å². The van der Waals surface area contributed by atoms with Crippen LogP contribution in [0.3, 0.4) is 0 Å². The SMILES string of the molecule is COc1cccc(Oc2ccc(/C(=N/O)N3CCN(c4ccccc4)CC3)cn2)c1. The van der Waals surface area contributed by atoms with Crippen LogP contribution >= 0.6 is 0 Å². The number of benzene rings is 2. The van der Waals surface area contributed by atoms with Crippen molar-refractivity contribution in [3.63, 3.8) is 0 Å². The second-order valence-corrected chi connectivity index (χ2v) is 6.90. The lowest BCUT2D eigenvalue weighted by Crippen LogP contribution is -2.49. The van der Waals surface area contributed by atoms with Gasteiger partial charge in [0, 0.05) is 55.8 Å². The highest BCUT2D eigenvalue weighted by atomic mass is 16.5. The van der Waals surface area contributed by atoms with Gasteiger partial charge in [-0.1, -0.05) is 29.4 Å². The van der Waals surface area contributed by atoms with Crippen LogP contribution in [0.4, 0.5) is 5.69 Å². The van der Waals surface area contributed by atoms with E-state index in [2.05, 4.69) is 32.1 Å². The van der Waals surface area contributed by atoms with Crippen LogP contribution in [-0.4, -0.2) is 54.2 Å². The number of nitrogens with zero attached hydrogens (tertiary/aromatic N) is 4. The average Bonchev–Trinajstić information content (AvgIpc) is 2.82. The Kier molecular flexibility index (Phi) is 5.98. The number of amidine groups is 1. The number of oxime groups is 1. The molecule has 3 aromatic rings. The Balaban J connectivity index is 1.40. The molecule has 1 N–H and O–H groups in total. The second kappa shape index (κ2) is 9.17. The van der Waals surface area contributed by atoms with Gasteiger partial charge in [-0.2, -0.15) is 0 Å². The number of piperazine rings is 1. The minimum absolute atomic E-state index is 0.457. The topological polar surface area (TPSA) is 70.4 Å². The summed E-state index contributed by atoms with van der Waals surface area (Å²) in [4.78, 5) is 8.76. The van der Waals surface area contributed by atoms with Gasteiger partial charge in [-0.25, -0.2) is 4.98 Å². The van der Waals surface area contributed by atoms with Crippen LogP contribution in [-0.2, 0) is 0 Å². The Morgan fingerprint density at radius 2 is 1.70 bits per heavy atom. The van der Waals surface area contributed by atoms with Gasteiger partial charge in [0.25, 0.3) is 0 Å². The summed E-state index contributed by atoms with van der Waals surface area (Å²) in [7, 11) is 1.61. The largest absolute Gasteiger partial charge is 0.497 e. The quantitative estimate of drug-likeness (QED) is 0.302. The van der Waals surface area contributed by atoms with Crippen LogP contribution in [0.5, 0.6) is 17.4 Å². The van der Waals surface area contributed by atoms with Gasteiger partial charge in [0.05, 0.1) is 7.11 Å². The lowest BCUT2D eigenvalue weighted by atomic mass is 10.2.